The lowest BCUT2D eigenvalue weighted by Gasteiger charge is -1.86. The van der Waals surface area contributed by atoms with Gasteiger partial charge in [-0.1, -0.05) is 0 Å². The van der Waals surface area contributed by atoms with E-state index in [9.17, 15) is 18.5 Å². The van der Waals surface area contributed by atoms with Crippen LogP contribution in [0.25, 0.3) is 0 Å². The summed E-state index contributed by atoms with van der Waals surface area (Å²) in [7, 11) is -2.65. The highest BCUT2D eigenvalue weighted by molar-refractivity contribution is 7.76. The molecule has 0 amide bonds. The standard InChI is InChI=1S/C3HN3O4S/c7-6(8)3-2(11(9)10)1-4-5-3/h1H. The van der Waals surface area contributed by atoms with Crippen LogP contribution in [0, 0.1) is 10.1 Å². The van der Waals surface area contributed by atoms with Gasteiger partial charge in [0.1, 0.15) is 6.21 Å². The molecule has 1 heterocycles. The monoisotopic (exact) mass is 175 g/mol. The fraction of sp³-hybridized carbons (Fsp3) is 0. The van der Waals surface area contributed by atoms with E-state index in [1.54, 1.807) is 0 Å². The predicted octanol–water partition coefficient (Wildman–Crippen LogP) is -1.29. The number of nitro groups is 1. The van der Waals surface area contributed by atoms with E-state index in [4.69, 9.17) is 0 Å². The van der Waals surface area contributed by atoms with Crippen LogP contribution in [0.5, 0.6) is 0 Å². The molecule has 0 aromatic carbocycles. The Morgan fingerprint density at radius 3 is 2.55 bits per heavy atom. The Morgan fingerprint density at radius 2 is 2.18 bits per heavy atom. The summed E-state index contributed by atoms with van der Waals surface area (Å²) in [5.74, 6) is -0.738. The van der Waals surface area contributed by atoms with Gasteiger partial charge in [-0.25, -0.2) is 0 Å². The van der Waals surface area contributed by atoms with Gasteiger partial charge in [-0.2, -0.15) is 8.42 Å². The molecular formula is C3HN3O4S. The molecule has 1 rings (SSSR count). The summed E-state index contributed by atoms with van der Waals surface area (Å²) in [6.45, 7) is 0. The quantitative estimate of drug-likeness (QED) is 0.259. The van der Waals surface area contributed by atoms with Crippen molar-refractivity contribution in [2.75, 3.05) is 0 Å². The third-order valence-corrected chi connectivity index (χ3v) is 1.55. The van der Waals surface area contributed by atoms with E-state index in [1.807, 2.05) is 0 Å². The van der Waals surface area contributed by atoms with Crippen LogP contribution in [0.15, 0.2) is 10.2 Å². The zero-order chi connectivity index (χ0) is 8.43. The van der Waals surface area contributed by atoms with E-state index in [0.717, 1.165) is 6.21 Å². The van der Waals surface area contributed by atoms with E-state index in [-0.39, 0.29) is 0 Å². The minimum Gasteiger partial charge on any atom is -0.358 e. The van der Waals surface area contributed by atoms with Crippen LogP contribution in [0.3, 0.4) is 0 Å². The molecule has 11 heavy (non-hydrogen) atoms. The highest BCUT2D eigenvalue weighted by Gasteiger charge is 2.26. The van der Waals surface area contributed by atoms with Crippen LogP contribution in [0.2, 0.25) is 0 Å². The molecule has 1 aliphatic rings. The first-order valence-electron chi connectivity index (χ1n) is 2.35. The first-order chi connectivity index (χ1) is 5.13. The van der Waals surface area contributed by atoms with Crippen LogP contribution >= 0.6 is 0 Å². The average Bonchev–Trinajstić information content (AvgIpc) is 2.32. The number of rotatable bonds is 0. The first kappa shape index (κ1) is 7.54. The number of hydrogen-bond donors (Lipinski definition) is 0. The van der Waals surface area contributed by atoms with E-state index in [2.05, 4.69) is 10.2 Å². The van der Waals surface area contributed by atoms with Crippen LogP contribution in [-0.4, -0.2) is 30.3 Å². The fourth-order valence-corrected chi connectivity index (χ4v) is 0.885. The van der Waals surface area contributed by atoms with Gasteiger partial charge in [0.2, 0.25) is 15.2 Å². The largest absolute Gasteiger partial charge is 0.415 e. The molecule has 0 N–H and O–H groups in total. The summed E-state index contributed by atoms with van der Waals surface area (Å²) in [5, 5.41) is 16.1. The molecule has 7 nitrogen and oxygen atoms in total. The molecule has 0 saturated heterocycles. The second-order valence-corrected chi connectivity index (χ2v) is 2.43. The predicted molar refractivity (Wildman–Crippen MR) is 36.8 cm³/mol. The molecule has 1 aliphatic heterocycles. The molecular weight excluding hydrogens is 174 g/mol. The van der Waals surface area contributed by atoms with Gasteiger partial charge >= 0.3 is 5.84 Å². The minimum atomic E-state index is -2.65. The minimum absolute atomic E-state index is 0.491. The summed E-state index contributed by atoms with van der Waals surface area (Å²) < 4.78 is 20.4. The van der Waals surface area contributed by atoms with Crippen molar-refractivity contribution < 1.29 is 13.3 Å². The molecule has 0 fully saturated rings. The maximum absolute atomic E-state index is 10.2. The van der Waals surface area contributed by atoms with Crippen molar-refractivity contribution in [1.82, 2.24) is 0 Å². The van der Waals surface area contributed by atoms with Crippen molar-refractivity contribution in [3.8, 4) is 0 Å². The summed E-state index contributed by atoms with van der Waals surface area (Å²) in [6, 6.07) is 0. The maximum Gasteiger partial charge on any atom is 0.415 e. The number of nitrogens with zero attached hydrogens (tertiary/aromatic N) is 3. The van der Waals surface area contributed by atoms with Gasteiger partial charge in [-0.05, 0) is 10.0 Å². The lowest BCUT2D eigenvalue weighted by atomic mass is 10.4. The normalized spacial score (nSPS) is 14.9. The Kier molecular flexibility index (Phi) is 1.77. The van der Waals surface area contributed by atoms with Crippen molar-refractivity contribution >= 4 is 27.2 Å². The van der Waals surface area contributed by atoms with Crippen molar-refractivity contribution in [2.45, 2.75) is 0 Å². The van der Waals surface area contributed by atoms with Gasteiger partial charge in [0.15, 0.2) is 0 Å². The Morgan fingerprint density at radius 1 is 1.55 bits per heavy atom. The van der Waals surface area contributed by atoms with E-state index >= 15 is 0 Å². The molecule has 58 valence electrons. The van der Waals surface area contributed by atoms with Gasteiger partial charge < -0.3 is 10.1 Å². The van der Waals surface area contributed by atoms with Gasteiger partial charge in [0.05, 0.1) is 5.10 Å². The van der Waals surface area contributed by atoms with Crippen LogP contribution in [0.1, 0.15) is 0 Å². The summed E-state index contributed by atoms with van der Waals surface area (Å²) >= 11 is 0. The summed E-state index contributed by atoms with van der Waals surface area (Å²) in [5.41, 5.74) is 0. The van der Waals surface area contributed by atoms with Crippen molar-refractivity contribution in [1.29, 1.82) is 0 Å². The second kappa shape index (κ2) is 2.58. The lowest BCUT2D eigenvalue weighted by Crippen LogP contribution is -2.21. The highest BCUT2D eigenvalue weighted by atomic mass is 32.2. The molecule has 0 unspecified atom stereocenters. The van der Waals surface area contributed by atoms with E-state index in [1.165, 1.54) is 0 Å². The zero-order valence-corrected chi connectivity index (χ0v) is 5.78. The summed E-state index contributed by atoms with van der Waals surface area (Å²) in [6.07, 6.45) is 0.821. The molecule has 0 aliphatic carbocycles. The third kappa shape index (κ3) is 1.29. The molecule has 0 aromatic rings. The van der Waals surface area contributed by atoms with Gasteiger partial charge in [-0.3, -0.25) is 0 Å². The third-order valence-electron chi connectivity index (χ3n) is 0.900. The van der Waals surface area contributed by atoms with E-state index in [0.29, 0.717) is 0 Å². The molecule has 0 saturated carbocycles. The first-order valence-corrected chi connectivity index (χ1v) is 3.42. The van der Waals surface area contributed by atoms with Crippen molar-refractivity contribution in [3.63, 3.8) is 0 Å². The number of amidine groups is 1. The average molecular weight is 175 g/mol. The van der Waals surface area contributed by atoms with Crippen molar-refractivity contribution in [2.24, 2.45) is 10.2 Å². The van der Waals surface area contributed by atoms with Crippen LogP contribution in [-0.2, 0) is 10.3 Å². The topological polar surface area (TPSA) is 102 Å². The molecule has 0 aromatic heterocycles. The maximum atomic E-state index is 10.2. The van der Waals surface area contributed by atoms with Gasteiger partial charge in [0, 0.05) is 0 Å². The van der Waals surface area contributed by atoms with Gasteiger partial charge in [0.25, 0.3) is 0 Å². The molecule has 0 radical (unpaired) electrons. The molecule has 0 atom stereocenters. The second-order valence-electron chi connectivity index (χ2n) is 1.52. The highest BCUT2D eigenvalue weighted by Crippen LogP contribution is 1.92. The van der Waals surface area contributed by atoms with Crippen LogP contribution < -0.4 is 0 Å². The number of hydrogen-bond acceptors (Lipinski definition) is 6. The Bertz CT molecular complexity index is 381. The zero-order valence-electron chi connectivity index (χ0n) is 4.96. The fourth-order valence-electron chi connectivity index (χ4n) is 0.487. The van der Waals surface area contributed by atoms with Gasteiger partial charge in [-0.15, -0.1) is 0 Å². The van der Waals surface area contributed by atoms with E-state index < -0.39 is 25.9 Å². The molecule has 8 heteroatoms. The van der Waals surface area contributed by atoms with Crippen molar-refractivity contribution in [3.05, 3.63) is 10.1 Å². The Hall–Kier alpha value is -1.57. The Labute approximate surface area is 61.7 Å². The smallest absolute Gasteiger partial charge is 0.358 e. The molecule has 0 bridgehead atoms. The lowest BCUT2D eigenvalue weighted by molar-refractivity contribution is -0.345. The Balaban J connectivity index is 3.27. The van der Waals surface area contributed by atoms with Crippen LogP contribution in [0.4, 0.5) is 0 Å². The SMILES string of the molecule is O=[N+]([O-])C1=NN=CC1=S(=O)=O. The molecule has 0 spiro atoms. The summed E-state index contributed by atoms with van der Waals surface area (Å²) in [4.78, 5) is 8.62.